The van der Waals surface area contributed by atoms with Gasteiger partial charge in [-0.2, -0.15) is 18.3 Å². The van der Waals surface area contributed by atoms with Crippen LogP contribution in [0.25, 0.3) is 22.4 Å². The molecule has 9 nitrogen and oxygen atoms in total. The molecular weight excluding hydrogens is 451 g/mol. The van der Waals surface area contributed by atoms with Gasteiger partial charge in [0.15, 0.2) is 11.5 Å². The van der Waals surface area contributed by atoms with Crippen LogP contribution in [0, 0.1) is 0 Å². The number of halogens is 3. The average Bonchev–Trinajstić information content (AvgIpc) is 3.34. The minimum atomic E-state index is -4.44. The Balaban J connectivity index is 1.53. The quantitative estimate of drug-likeness (QED) is 0.586. The normalized spacial score (nSPS) is 20.1. The molecular formula is C22H24F3N7O2. The smallest absolute Gasteiger partial charge is 0.371 e. The van der Waals surface area contributed by atoms with Gasteiger partial charge in [-0.15, -0.1) is 0 Å². The second-order valence-corrected chi connectivity index (χ2v) is 8.45. The highest BCUT2D eigenvalue weighted by molar-refractivity contribution is 5.90. The standard InChI is InChI=1S/C22H24F3N7O2/c1-2-26-21(33)28-14-5-3-13(4-6-14)18-29-19(31-10-15-7-8-16(11-31)34-15)17-9-27-32(20(17)30-18)12-22(23,24)25/h3-6,9,15-16H,2,7-8,10-12H2,1H3,(H2,26,28,33). The van der Waals surface area contributed by atoms with E-state index in [4.69, 9.17) is 9.72 Å². The molecule has 2 amide bonds. The fraction of sp³-hybridized carbons (Fsp3) is 0.455. The summed E-state index contributed by atoms with van der Waals surface area (Å²) in [5.41, 5.74) is 1.31. The number of hydrogen-bond donors (Lipinski definition) is 2. The van der Waals surface area contributed by atoms with Gasteiger partial charge in [0.1, 0.15) is 12.4 Å². The molecule has 0 radical (unpaired) electrons. The van der Waals surface area contributed by atoms with Crippen LogP contribution >= 0.6 is 0 Å². The van der Waals surface area contributed by atoms with Crippen LogP contribution < -0.4 is 15.5 Å². The second-order valence-electron chi connectivity index (χ2n) is 8.45. The van der Waals surface area contributed by atoms with Crippen molar-refractivity contribution in [2.45, 2.75) is 44.7 Å². The molecule has 3 aromatic rings. The third kappa shape index (κ3) is 4.63. The molecule has 2 saturated heterocycles. The predicted octanol–water partition coefficient (Wildman–Crippen LogP) is 3.56. The lowest BCUT2D eigenvalue weighted by molar-refractivity contribution is -0.141. The van der Waals surface area contributed by atoms with E-state index in [2.05, 4.69) is 25.6 Å². The van der Waals surface area contributed by atoms with Crippen molar-refractivity contribution in [1.29, 1.82) is 0 Å². The zero-order valence-electron chi connectivity index (χ0n) is 18.5. The van der Waals surface area contributed by atoms with E-state index in [1.165, 1.54) is 6.20 Å². The maximum Gasteiger partial charge on any atom is 0.408 e. The SMILES string of the molecule is CCNC(=O)Nc1ccc(-c2nc(N3CC4CCC(C3)O4)c3cnn(CC(F)(F)F)c3n2)cc1. The molecule has 0 spiro atoms. The Morgan fingerprint density at radius 3 is 2.50 bits per heavy atom. The van der Waals surface area contributed by atoms with Gasteiger partial charge >= 0.3 is 12.2 Å². The van der Waals surface area contributed by atoms with E-state index < -0.39 is 12.7 Å². The number of ether oxygens (including phenoxy) is 1. The third-order valence-corrected chi connectivity index (χ3v) is 5.89. The molecule has 2 atom stereocenters. The van der Waals surface area contributed by atoms with Gasteiger partial charge in [-0.3, -0.25) is 0 Å². The fourth-order valence-electron chi connectivity index (χ4n) is 4.42. The Bertz CT molecular complexity index is 1180. The number of nitrogens with zero attached hydrogens (tertiary/aromatic N) is 5. The minimum absolute atomic E-state index is 0.0806. The first-order valence-electron chi connectivity index (χ1n) is 11.1. The average molecular weight is 475 g/mol. The summed E-state index contributed by atoms with van der Waals surface area (Å²) < 4.78 is 46.3. The van der Waals surface area contributed by atoms with Gasteiger partial charge in [0.05, 0.1) is 23.8 Å². The number of fused-ring (bicyclic) bond motifs is 3. The molecule has 34 heavy (non-hydrogen) atoms. The lowest BCUT2D eigenvalue weighted by atomic mass is 10.2. The van der Waals surface area contributed by atoms with Gasteiger partial charge < -0.3 is 20.3 Å². The van der Waals surface area contributed by atoms with E-state index in [0.29, 0.717) is 42.1 Å². The van der Waals surface area contributed by atoms with Crippen LogP contribution in [-0.4, -0.2) is 63.8 Å². The Kier molecular flexibility index (Phi) is 5.76. The largest absolute Gasteiger partial charge is 0.408 e. The van der Waals surface area contributed by atoms with Gasteiger partial charge in [-0.25, -0.2) is 19.4 Å². The molecule has 4 heterocycles. The molecule has 180 valence electrons. The van der Waals surface area contributed by atoms with Crippen LogP contribution in [0.15, 0.2) is 30.5 Å². The monoisotopic (exact) mass is 475 g/mol. The van der Waals surface area contributed by atoms with E-state index in [1.54, 1.807) is 24.3 Å². The number of carbonyl (C=O) groups is 1. The number of alkyl halides is 3. The van der Waals surface area contributed by atoms with Crippen LogP contribution in [0.5, 0.6) is 0 Å². The van der Waals surface area contributed by atoms with E-state index in [-0.39, 0.29) is 29.7 Å². The lowest BCUT2D eigenvalue weighted by Gasteiger charge is -2.33. The summed E-state index contributed by atoms with van der Waals surface area (Å²) in [7, 11) is 0. The van der Waals surface area contributed by atoms with E-state index in [9.17, 15) is 18.0 Å². The third-order valence-electron chi connectivity index (χ3n) is 5.89. The number of anilines is 2. The molecule has 0 aliphatic carbocycles. The topological polar surface area (TPSA) is 97.2 Å². The maximum atomic E-state index is 13.2. The Labute approximate surface area is 193 Å². The molecule has 2 unspecified atom stereocenters. The van der Waals surface area contributed by atoms with Gasteiger partial charge in [0, 0.05) is 30.9 Å². The van der Waals surface area contributed by atoms with Crippen LogP contribution in [0.1, 0.15) is 19.8 Å². The van der Waals surface area contributed by atoms with Crippen molar-refractivity contribution < 1.29 is 22.7 Å². The summed E-state index contributed by atoms with van der Waals surface area (Å²) >= 11 is 0. The van der Waals surface area contributed by atoms with Crippen molar-refractivity contribution in [3.63, 3.8) is 0 Å². The molecule has 5 rings (SSSR count). The van der Waals surface area contributed by atoms with E-state index >= 15 is 0 Å². The van der Waals surface area contributed by atoms with Crippen molar-refractivity contribution in [1.82, 2.24) is 25.1 Å². The molecule has 2 aliphatic heterocycles. The minimum Gasteiger partial charge on any atom is -0.371 e. The van der Waals surface area contributed by atoms with Crippen LogP contribution in [0.3, 0.4) is 0 Å². The zero-order chi connectivity index (χ0) is 23.9. The summed E-state index contributed by atoms with van der Waals surface area (Å²) in [6, 6.07) is 6.51. The summed E-state index contributed by atoms with van der Waals surface area (Å²) in [6.07, 6.45) is -0.967. The molecule has 1 aromatic carbocycles. The first-order chi connectivity index (χ1) is 16.3. The maximum absolute atomic E-state index is 13.2. The lowest BCUT2D eigenvalue weighted by Crippen LogP contribution is -2.43. The van der Waals surface area contributed by atoms with Crippen LogP contribution in [0.4, 0.5) is 29.5 Å². The number of urea groups is 1. The number of nitrogens with one attached hydrogen (secondary N) is 2. The number of benzene rings is 1. The number of hydrogen-bond acceptors (Lipinski definition) is 6. The van der Waals surface area contributed by atoms with Crippen LogP contribution in [-0.2, 0) is 11.3 Å². The summed E-state index contributed by atoms with van der Waals surface area (Å²) in [5, 5.41) is 9.80. The summed E-state index contributed by atoms with van der Waals surface area (Å²) in [5.74, 6) is 0.841. The van der Waals surface area contributed by atoms with Gasteiger partial charge in [0.2, 0.25) is 0 Å². The van der Waals surface area contributed by atoms with Crippen molar-refractivity contribution in [3.05, 3.63) is 30.5 Å². The summed E-state index contributed by atoms with van der Waals surface area (Å²) in [4.78, 5) is 23.0. The highest BCUT2D eigenvalue weighted by Crippen LogP contribution is 2.34. The fourth-order valence-corrected chi connectivity index (χ4v) is 4.42. The number of carbonyl (C=O) groups excluding carboxylic acids is 1. The highest BCUT2D eigenvalue weighted by Gasteiger charge is 2.36. The molecule has 2 fully saturated rings. The van der Waals surface area contributed by atoms with Gasteiger partial charge in [-0.1, -0.05) is 0 Å². The number of rotatable bonds is 5. The van der Waals surface area contributed by atoms with Crippen molar-refractivity contribution >= 4 is 28.6 Å². The van der Waals surface area contributed by atoms with Crippen molar-refractivity contribution in [2.75, 3.05) is 29.9 Å². The molecule has 12 heteroatoms. The van der Waals surface area contributed by atoms with Crippen molar-refractivity contribution in [2.24, 2.45) is 0 Å². The molecule has 2 N–H and O–H groups in total. The van der Waals surface area contributed by atoms with Gasteiger partial charge in [-0.05, 0) is 44.0 Å². The second kappa shape index (κ2) is 8.75. The number of morpholine rings is 1. The number of amides is 2. The summed E-state index contributed by atoms with van der Waals surface area (Å²) in [6.45, 7) is 2.30. The van der Waals surface area contributed by atoms with Crippen molar-refractivity contribution in [3.8, 4) is 11.4 Å². The van der Waals surface area contributed by atoms with E-state index in [1.807, 2.05) is 6.92 Å². The Morgan fingerprint density at radius 2 is 1.85 bits per heavy atom. The van der Waals surface area contributed by atoms with E-state index in [0.717, 1.165) is 17.5 Å². The Morgan fingerprint density at radius 1 is 1.15 bits per heavy atom. The first-order valence-corrected chi connectivity index (χ1v) is 11.1. The zero-order valence-corrected chi connectivity index (χ0v) is 18.5. The Hall–Kier alpha value is -3.41. The molecule has 2 aliphatic rings. The highest BCUT2D eigenvalue weighted by atomic mass is 19.4. The number of aromatic nitrogens is 4. The van der Waals surface area contributed by atoms with Gasteiger partial charge in [0.25, 0.3) is 0 Å². The molecule has 0 saturated carbocycles. The molecule has 2 aromatic heterocycles. The molecule has 2 bridgehead atoms. The first kappa shape index (κ1) is 22.4. The predicted molar refractivity (Wildman–Crippen MR) is 120 cm³/mol. The van der Waals surface area contributed by atoms with Crippen LogP contribution in [0.2, 0.25) is 0 Å².